The fraction of sp³-hybridized carbons (Fsp3) is 0.410. The van der Waals surface area contributed by atoms with Gasteiger partial charge in [-0.3, -0.25) is 28.8 Å². The van der Waals surface area contributed by atoms with Crippen molar-refractivity contribution in [1.82, 2.24) is 42.5 Å². The number of carbonyl (C=O) groups is 11. The molecule has 0 aliphatic carbocycles. The maximum atomic E-state index is 12.0. The van der Waals surface area contributed by atoms with Crippen molar-refractivity contribution in [2.24, 2.45) is 0 Å². The topological polar surface area (TPSA) is 426 Å². The van der Waals surface area contributed by atoms with Gasteiger partial charge in [0.2, 0.25) is 5.91 Å². The number of benzene rings is 4. The Morgan fingerprint density at radius 3 is 0.860 bits per heavy atom. The molecule has 515 valence electrons. The summed E-state index contributed by atoms with van der Waals surface area (Å²) in [6.45, 7) is 16.0. The van der Waals surface area contributed by atoms with Crippen LogP contribution in [-0.2, 0) is 173 Å². The Labute approximate surface area is 630 Å². The quantitative estimate of drug-likeness (QED) is 0.0244. The molecule has 26 nitrogen and oxygen atoms in total. The van der Waals surface area contributed by atoms with E-state index in [0.717, 1.165) is 22.3 Å². The van der Waals surface area contributed by atoms with E-state index in [0.29, 0.717) is 36.8 Å². The van der Waals surface area contributed by atoms with Crippen LogP contribution in [0.25, 0.3) is 5.73 Å². The summed E-state index contributed by atoms with van der Waals surface area (Å²) in [5.74, 6) is -7.89. The van der Waals surface area contributed by atoms with Crippen LogP contribution in [0.15, 0.2) is 97.1 Å². The first-order valence-electron chi connectivity index (χ1n) is 30.2. The monoisotopic (exact) mass is 1930 g/mol. The number of carboxylic acids is 4. The van der Waals surface area contributed by atoms with E-state index in [9.17, 15) is 57.5 Å². The minimum absolute atomic E-state index is 0. The fourth-order valence-electron chi connectivity index (χ4n) is 5.87. The minimum atomic E-state index is -1.37. The van der Waals surface area contributed by atoms with Crippen molar-refractivity contribution in [2.75, 3.05) is 26.7 Å². The summed E-state index contributed by atoms with van der Waals surface area (Å²) in [4.78, 5) is 134. The van der Waals surface area contributed by atoms with Gasteiger partial charge in [0.1, 0.15) is 30.2 Å². The first-order valence-corrected chi connectivity index (χ1v) is 27.4. The number of carbonyl (C=O) groups excluding carboxylic acids is 7. The van der Waals surface area contributed by atoms with Crippen LogP contribution in [0.2, 0.25) is 0 Å². The number of rotatable bonds is 25. The van der Waals surface area contributed by atoms with Gasteiger partial charge >= 0.3 is 30.0 Å². The minimum Gasteiger partial charge on any atom is -0.528 e. The number of aliphatic carboxylic acids is 4. The van der Waals surface area contributed by atoms with E-state index in [1.165, 1.54) is 25.6 Å². The third-order valence-electron chi connectivity index (χ3n) is 10.4. The number of carboxylic acid groups (broad SMARTS) is 5. The van der Waals surface area contributed by atoms with Gasteiger partial charge in [-0.25, -0.2) is 24.0 Å². The Morgan fingerprint density at radius 1 is 0.419 bits per heavy atom. The third-order valence-corrected chi connectivity index (χ3v) is 10.4. The van der Waals surface area contributed by atoms with Gasteiger partial charge in [0.05, 0.1) is 13.0 Å². The molecular formula is C61H89N9O17V3W3-2. The Bertz CT molecular complexity index is 2730. The molecule has 9 amide bonds. The van der Waals surface area contributed by atoms with Crippen molar-refractivity contribution in [3.63, 3.8) is 0 Å². The van der Waals surface area contributed by atoms with Crippen molar-refractivity contribution in [1.29, 1.82) is 0 Å². The molecule has 4 atom stereocenters. The molecule has 0 saturated heterocycles. The van der Waals surface area contributed by atoms with E-state index >= 15 is 0 Å². The fourth-order valence-corrected chi connectivity index (χ4v) is 5.87. The molecule has 3 radical (unpaired) electrons. The predicted octanol–water partition coefficient (Wildman–Crippen LogP) is 6.64. The summed E-state index contributed by atoms with van der Waals surface area (Å²) in [7, 11) is 1.40. The van der Waals surface area contributed by atoms with Crippen LogP contribution in [0.5, 0.6) is 0 Å². The van der Waals surface area contributed by atoms with E-state index in [-0.39, 0.29) is 177 Å². The van der Waals surface area contributed by atoms with E-state index in [4.69, 9.17) is 36.7 Å². The van der Waals surface area contributed by atoms with Gasteiger partial charge in [0, 0.05) is 160 Å². The molecular weight excluding hydrogens is 1840 g/mol. The van der Waals surface area contributed by atoms with Crippen LogP contribution >= 0.6 is 0 Å². The average Bonchev–Trinajstić information content (AvgIpc) is 0.917. The van der Waals surface area contributed by atoms with E-state index in [1.54, 1.807) is 84.9 Å². The standard InChI is InChI=1S/C14H18N2O4.C13H17N3O4.C13H16N2O5.C13H15N2O4.4C2H6.3V.3W/c1-3-9-4-6-10(7-5-9)13(18)16-11(14(19)20)8-12(17)15-2;1-2-8-3-5-9(6-4-8)11(17)16-10(12(18)19)7-15-13(14)20;1-2-8-3-5-9(6-4-8)11(16)15-10(12(17)18)7-14-13(19)20;1-2-9-3-5-10(6-4-9)12(17)15-11(13(18)19)7-14-8-16;4*1-2;;;;;;/h4-7,11H,3,8H2,1-2H3,(H,15,17)(H,16,18)(H,19,20);3-6,10H,2,7H2,1H3,(H5,14,15,16,17,18,19,20);3-6,10,14H,2,7H2,1H3,(H,15,16)(H,17,18)(H,19,20);3-6,11H,2,7H2,1H3,(H,14,16)(H,15,17)(H,18,19);4*1-2H3;;;;;;/q;;;-1;;;;;;;;;;/p-1/t11-;2*10-;11-;;;;;;;;;;/m0000........../s1/i4*1D;;;;;;;;;;. The Morgan fingerprint density at radius 2 is 0.656 bits per heavy atom. The third kappa shape index (κ3) is 50.1. The molecule has 0 aliphatic heterocycles. The Balaban J connectivity index is -0.000000123. The second-order valence-electron chi connectivity index (χ2n) is 16.0. The molecule has 0 saturated carbocycles. The molecule has 0 aromatic heterocycles. The van der Waals surface area contributed by atoms with Gasteiger partial charge in [0.15, 0.2) is 0 Å². The normalized spacial score (nSPS) is 10.5. The molecule has 0 unspecified atom stereocenters. The first-order chi connectivity index (χ1) is 43.4. The second-order valence-corrected chi connectivity index (χ2v) is 16.0. The van der Waals surface area contributed by atoms with E-state index < -0.39 is 96.2 Å². The number of aryl methyl sites for hydroxylation is 4. The average molecular weight is 1930 g/mol. The summed E-state index contributed by atoms with van der Waals surface area (Å²) in [5.41, 5.74) is 11.5. The number of hydrogen-bond donors (Lipinski definition) is 13. The summed E-state index contributed by atoms with van der Waals surface area (Å²) < 4.78 is 28.4. The van der Waals surface area contributed by atoms with E-state index in [1.807, 2.05) is 66.0 Å². The molecule has 0 aliphatic rings. The molecule has 93 heavy (non-hydrogen) atoms. The number of urea groups is 1. The van der Waals surface area contributed by atoms with Crippen LogP contribution in [0.4, 0.5) is 9.59 Å². The molecule has 0 bridgehead atoms. The molecule has 0 spiro atoms. The molecule has 14 N–H and O–H groups in total. The predicted molar refractivity (Wildman–Crippen MR) is 330 cm³/mol. The van der Waals surface area contributed by atoms with Gasteiger partial charge in [-0.15, -0.1) is 0 Å². The number of nitrogens with one attached hydrogen (secondary N) is 9. The maximum Gasteiger partial charge on any atom is 0.404 e. The molecule has 4 aromatic rings. The van der Waals surface area contributed by atoms with E-state index in [2.05, 4.69) is 31.9 Å². The van der Waals surface area contributed by atoms with Crippen LogP contribution in [0.1, 0.15) is 159 Å². The first kappa shape index (κ1) is 98.0. The van der Waals surface area contributed by atoms with Gasteiger partial charge < -0.3 is 78.6 Å². The molecule has 32 heteroatoms. The van der Waals surface area contributed by atoms with Gasteiger partial charge in [-0.05, 0) is 103 Å². The Kier molecular flexibility index (Phi) is 71.0. The molecule has 4 rings (SSSR count). The molecule has 0 fully saturated rings. The van der Waals surface area contributed by atoms with Crippen LogP contribution < -0.4 is 42.5 Å². The summed E-state index contributed by atoms with van der Waals surface area (Å²) in [6.07, 6.45) is 2.00. The SMILES string of the molecule is CC.CC.CC.CC.[2H]CCc1ccc(C(=O)N[C@@H](CC(=O)NC)C(=O)O)cc1.[2H]CCc1ccc(C(=O)N[C@@H](CNC(=O)O)C(=O)O)cc1.[2H]CCc1ccc(C(=O)N[C@@H](CNC([NH-])=O)C(=O)O)cc1.[2H]CCc1ccc(C(=O)N[C@@H](CN[C-]=O)C(=O)O)cc1.[V].[V].[V].[W].[W].[W]. The number of hydrogen-bond acceptors (Lipinski definition) is 12. The zero-order chi connectivity index (χ0) is 70.4. The summed E-state index contributed by atoms with van der Waals surface area (Å²) in [6, 6.07) is 19.8. The van der Waals surface area contributed by atoms with Gasteiger partial charge in [-0.1, -0.05) is 132 Å². The largest absolute Gasteiger partial charge is 0.528 e. The van der Waals surface area contributed by atoms with Crippen molar-refractivity contribution >= 4 is 71.9 Å². The smallest absolute Gasteiger partial charge is 0.404 e. The second kappa shape index (κ2) is 67.4. The van der Waals surface area contributed by atoms with Gasteiger partial charge in [-0.2, -0.15) is 6.41 Å². The number of amides is 9. The van der Waals surface area contributed by atoms with Crippen molar-refractivity contribution in [3.05, 3.63) is 147 Å². The summed E-state index contributed by atoms with van der Waals surface area (Å²) in [5, 5.41) is 61.7. The molecule has 4 aromatic carbocycles. The van der Waals surface area contributed by atoms with Crippen molar-refractivity contribution < 1.29 is 207 Å². The van der Waals surface area contributed by atoms with Gasteiger partial charge in [0.25, 0.3) is 23.6 Å². The summed E-state index contributed by atoms with van der Waals surface area (Å²) >= 11 is 0. The van der Waals surface area contributed by atoms with Crippen LogP contribution in [0.3, 0.4) is 0 Å². The zero-order valence-corrected chi connectivity index (χ0v) is 66.2. The molecule has 0 heterocycles. The van der Waals surface area contributed by atoms with Crippen LogP contribution in [-0.4, -0.2) is 148 Å². The van der Waals surface area contributed by atoms with Crippen LogP contribution in [0, 0.1) is 0 Å². The maximum absolute atomic E-state index is 12.0. The van der Waals surface area contributed by atoms with Crippen molar-refractivity contribution in [2.45, 2.75) is 139 Å². The Hall–Kier alpha value is -6.06. The zero-order valence-electron chi connectivity index (χ0n) is 57.2. The van der Waals surface area contributed by atoms with Crippen molar-refractivity contribution in [3.8, 4) is 0 Å².